The van der Waals surface area contributed by atoms with Gasteiger partial charge < -0.3 is 4.74 Å². The van der Waals surface area contributed by atoms with Crippen LogP contribution >= 0.6 is 11.6 Å². The van der Waals surface area contributed by atoms with E-state index in [1.165, 1.54) is 48.5 Å². The van der Waals surface area contributed by atoms with Crippen molar-refractivity contribution in [3.63, 3.8) is 0 Å². The van der Waals surface area contributed by atoms with E-state index in [-0.39, 0.29) is 22.0 Å². The maximum absolute atomic E-state index is 12.7. The highest BCUT2D eigenvalue weighted by Crippen LogP contribution is 2.29. The van der Waals surface area contributed by atoms with E-state index in [9.17, 15) is 27.3 Å². The van der Waals surface area contributed by atoms with Crippen LogP contribution in [0.3, 0.4) is 0 Å². The number of alkyl halides is 2. The summed E-state index contributed by atoms with van der Waals surface area (Å²) in [5.74, 6) is -0.0293. The molecule has 13 heteroatoms. The standard InChI is InChI=1S/C21H17ClF2N4O5S/c1-13(14-5-7-17(8-6-14)33-21(23)24)25-26-19-10-9-18(12-20(19)28(29)30)34(31,32)27-16-4-2-3-15(22)11-16/h2-12,21,26-27H,1H3. The molecule has 0 fully saturated rings. The zero-order valence-corrected chi connectivity index (χ0v) is 19.0. The molecule has 0 bridgehead atoms. The smallest absolute Gasteiger partial charge is 0.387 e. The Morgan fingerprint density at radius 3 is 2.44 bits per heavy atom. The summed E-state index contributed by atoms with van der Waals surface area (Å²) in [4.78, 5) is 10.5. The first-order valence-electron chi connectivity index (χ1n) is 9.47. The molecule has 0 aromatic heterocycles. The Morgan fingerprint density at radius 1 is 1.12 bits per heavy atom. The van der Waals surface area contributed by atoms with Crippen LogP contribution in [0.2, 0.25) is 5.02 Å². The van der Waals surface area contributed by atoms with E-state index in [4.69, 9.17) is 11.6 Å². The van der Waals surface area contributed by atoms with Crippen LogP contribution in [0, 0.1) is 10.1 Å². The number of benzene rings is 3. The highest BCUT2D eigenvalue weighted by atomic mass is 35.5. The number of ether oxygens (including phenoxy) is 1. The molecule has 3 rings (SSSR count). The van der Waals surface area contributed by atoms with Gasteiger partial charge in [0.05, 0.1) is 21.2 Å². The van der Waals surface area contributed by atoms with Crippen LogP contribution < -0.4 is 14.9 Å². The number of nitro groups is 1. The molecule has 0 radical (unpaired) electrons. The number of anilines is 2. The third-order valence-corrected chi connectivity index (χ3v) is 6.01. The van der Waals surface area contributed by atoms with Gasteiger partial charge in [0.1, 0.15) is 11.4 Å². The largest absolute Gasteiger partial charge is 0.435 e. The summed E-state index contributed by atoms with van der Waals surface area (Å²) in [6, 6.07) is 14.9. The predicted molar refractivity (Wildman–Crippen MR) is 124 cm³/mol. The van der Waals surface area contributed by atoms with E-state index >= 15 is 0 Å². The van der Waals surface area contributed by atoms with Gasteiger partial charge in [0, 0.05) is 11.1 Å². The van der Waals surface area contributed by atoms with E-state index < -0.39 is 27.2 Å². The third-order valence-electron chi connectivity index (χ3n) is 4.39. The number of rotatable bonds is 9. The molecule has 0 aliphatic heterocycles. The van der Waals surface area contributed by atoms with Crippen molar-refractivity contribution in [3.05, 3.63) is 87.4 Å². The van der Waals surface area contributed by atoms with Gasteiger partial charge in [-0.2, -0.15) is 13.9 Å². The molecule has 3 aromatic rings. The van der Waals surface area contributed by atoms with Crippen molar-refractivity contribution in [2.75, 3.05) is 10.1 Å². The highest BCUT2D eigenvalue weighted by molar-refractivity contribution is 7.92. The minimum Gasteiger partial charge on any atom is -0.435 e. The summed E-state index contributed by atoms with van der Waals surface area (Å²) in [7, 11) is -4.13. The minimum absolute atomic E-state index is 0.0293. The molecule has 0 saturated carbocycles. The summed E-state index contributed by atoms with van der Waals surface area (Å²) in [6.07, 6.45) is 0. The second-order valence-electron chi connectivity index (χ2n) is 6.76. The summed E-state index contributed by atoms with van der Waals surface area (Å²) < 4.78 is 56.4. The number of hydrogen-bond donors (Lipinski definition) is 2. The lowest BCUT2D eigenvalue weighted by molar-refractivity contribution is -0.384. The number of hydrogen-bond acceptors (Lipinski definition) is 7. The summed E-state index contributed by atoms with van der Waals surface area (Å²) in [6.45, 7) is -1.36. The van der Waals surface area contributed by atoms with Crippen LogP contribution in [-0.4, -0.2) is 25.7 Å². The van der Waals surface area contributed by atoms with Crippen molar-refractivity contribution in [3.8, 4) is 5.75 Å². The number of nitrogens with zero attached hydrogens (tertiary/aromatic N) is 2. The maximum Gasteiger partial charge on any atom is 0.387 e. The van der Waals surface area contributed by atoms with Gasteiger partial charge in [0.25, 0.3) is 15.7 Å². The van der Waals surface area contributed by atoms with Gasteiger partial charge in [-0.15, -0.1) is 0 Å². The van der Waals surface area contributed by atoms with Crippen LogP contribution in [0.4, 0.5) is 25.8 Å². The predicted octanol–water partition coefficient (Wildman–Crippen LogP) is 5.49. The van der Waals surface area contributed by atoms with E-state index in [1.807, 2.05) is 0 Å². The van der Waals surface area contributed by atoms with Crippen LogP contribution in [0.1, 0.15) is 12.5 Å². The molecule has 0 saturated heterocycles. The number of hydrazone groups is 1. The van der Waals surface area contributed by atoms with Crippen LogP contribution in [0.25, 0.3) is 0 Å². The molecule has 3 aromatic carbocycles. The third kappa shape index (κ3) is 6.39. The fourth-order valence-corrected chi connectivity index (χ4v) is 4.04. The van der Waals surface area contributed by atoms with Gasteiger partial charge in [-0.05, 0) is 67.1 Å². The Bertz CT molecular complexity index is 1340. The minimum atomic E-state index is -4.13. The zero-order chi connectivity index (χ0) is 24.9. The van der Waals surface area contributed by atoms with Gasteiger partial charge in [-0.1, -0.05) is 17.7 Å². The Balaban J connectivity index is 1.82. The van der Waals surface area contributed by atoms with Crippen LogP contribution in [-0.2, 0) is 10.0 Å². The fourth-order valence-electron chi connectivity index (χ4n) is 2.78. The normalized spacial score (nSPS) is 11.9. The molecule has 2 N–H and O–H groups in total. The molecule has 0 aliphatic rings. The van der Waals surface area contributed by atoms with Gasteiger partial charge in [-0.25, -0.2) is 8.42 Å². The van der Waals surface area contributed by atoms with Crippen molar-refractivity contribution in [1.29, 1.82) is 0 Å². The van der Waals surface area contributed by atoms with Crippen molar-refractivity contribution in [1.82, 2.24) is 0 Å². The number of nitrogens with one attached hydrogen (secondary N) is 2. The topological polar surface area (TPSA) is 123 Å². The van der Waals surface area contributed by atoms with Gasteiger partial charge >= 0.3 is 6.61 Å². The monoisotopic (exact) mass is 510 g/mol. The number of nitro benzene ring substituents is 1. The van der Waals surface area contributed by atoms with Crippen molar-refractivity contribution < 1.29 is 26.9 Å². The lowest BCUT2D eigenvalue weighted by Crippen LogP contribution is -2.13. The van der Waals surface area contributed by atoms with Crippen molar-refractivity contribution in [2.24, 2.45) is 5.10 Å². The Labute approximate surface area is 198 Å². The second kappa shape index (κ2) is 10.4. The Kier molecular flexibility index (Phi) is 7.64. The van der Waals surface area contributed by atoms with Gasteiger partial charge in [-0.3, -0.25) is 20.3 Å². The summed E-state index contributed by atoms with van der Waals surface area (Å²) >= 11 is 5.86. The fraction of sp³-hybridized carbons (Fsp3) is 0.0952. The second-order valence-corrected chi connectivity index (χ2v) is 8.88. The molecule has 0 heterocycles. The lowest BCUT2D eigenvalue weighted by Gasteiger charge is -2.10. The number of sulfonamides is 1. The molecular formula is C21H17ClF2N4O5S. The van der Waals surface area contributed by atoms with E-state index in [0.29, 0.717) is 16.3 Å². The molecule has 0 amide bonds. The summed E-state index contributed by atoms with van der Waals surface area (Å²) in [5.41, 5.74) is 3.09. The average Bonchev–Trinajstić information content (AvgIpc) is 2.77. The van der Waals surface area contributed by atoms with E-state index in [2.05, 4.69) is 20.0 Å². The summed E-state index contributed by atoms with van der Waals surface area (Å²) in [5, 5.41) is 15.9. The Morgan fingerprint density at radius 2 is 1.82 bits per heavy atom. The molecule has 0 atom stereocenters. The highest BCUT2D eigenvalue weighted by Gasteiger charge is 2.22. The van der Waals surface area contributed by atoms with Crippen LogP contribution in [0.5, 0.6) is 5.75 Å². The van der Waals surface area contributed by atoms with E-state index in [0.717, 1.165) is 6.07 Å². The maximum atomic E-state index is 12.7. The quantitative estimate of drug-likeness (QED) is 0.223. The first-order chi connectivity index (χ1) is 16.0. The first-order valence-corrected chi connectivity index (χ1v) is 11.3. The molecule has 178 valence electrons. The first kappa shape index (κ1) is 24.9. The average molecular weight is 511 g/mol. The van der Waals surface area contributed by atoms with Gasteiger partial charge in [0.15, 0.2) is 0 Å². The SMILES string of the molecule is CC(=NNc1ccc(S(=O)(=O)Nc2cccc(Cl)c2)cc1[N+](=O)[O-])c1ccc(OC(F)F)cc1. The molecule has 0 unspecified atom stereocenters. The molecule has 0 spiro atoms. The molecule has 9 nitrogen and oxygen atoms in total. The van der Waals surface area contributed by atoms with E-state index in [1.54, 1.807) is 19.1 Å². The lowest BCUT2D eigenvalue weighted by atomic mass is 10.1. The molecular weight excluding hydrogens is 494 g/mol. The molecule has 34 heavy (non-hydrogen) atoms. The van der Waals surface area contributed by atoms with Crippen molar-refractivity contribution >= 4 is 44.4 Å². The molecule has 0 aliphatic carbocycles. The van der Waals surface area contributed by atoms with Gasteiger partial charge in [0.2, 0.25) is 0 Å². The van der Waals surface area contributed by atoms with Crippen molar-refractivity contribution in [2.45, 2.75) is 18.4 Å². The zero-order valence-electron chi connectivity index (χ0n) is 17.4. The number of halogens is 3. The van der Waals surface area contributed by atoms with Crippen LogP contribution in [0.15, 0.2) is 76.7 Å². The Hall–Kier alpha value is -3.77.